The summed E-state index contributed by atoms with van der Waals surface area (Å²) >= 11 is 0. The van der Waals surface area contributed by atoms with E-state index in [9.17, 15) is 4.79 Å². The second-order valence-corrected chi connectivity index (χ2v) is 4.52. The average Bonchev–Trinajstić information content (AvgIpc) is 2.96. The number of aromatic amines is 1. The molecule has 0 aliphatic carbocycles. The van der Waals surface area contributed by atoms with Crippen LogP contribution in [0.3, 0.4) is 0 Å². The summed E-state index contributed by atoms with van der Waals surface area (Å²) in [6.45, 7) is 2.64. The minimum absolute atomic E-state index is 0.0640. The molecule has 19 heavy (non-hydrogen) atoms. The Balaban J connectivity index is 1.73. The highest BCUT2D eigenvalue weighted by Gasteiger charge is 2.03. The fourth-order valence-electron chi connectivity index (χ4n) is 1.86. The van der Waals surface area contributed by atoms with Crippen LogP contribution in [0.25, 0.3) is 0 Å². The van der Waals surface area contributed by atoms with Gasteiger partial charge in [0.05, 0.1) is 18.6 Å². The molecule has 100 valence electrons. The molecule has 1 aromatic carbocycles. The van der Waals surface area contributed by atoms with E-state index < -0.39 is 0 Å². The zero-order valence-corrected chi connectivity index (χ0v) is 11.1. The number of hydrogen-bond acceptors (Lipinski definition) is 2. The van der Waals surface area contributed by atoms with Crippen LogP contribution in [-0.2, 0) is 24.2 Å². The number of carbonyl (C=O) groups is 1. The van der Waals surface area contributed by atoms with Gasteiger partial charge in [0, 0.05) is 12.6 Å². The van der Waals surface area contributed by atoms with Crippen LogP contribution in [-0.4, -0.2) is 15.9 Å². The molecule has 0 aliphatic rings. The van der Waals surface area contributed by atoms with Crippen molar-refractivity contribution in [3.8, 4) is 0 Å². The lowest BCUT2D eigenvalue weighted by Crippen LogP contribution is -2.23. The van der Waals surface area contributed by atoms with Crippen molar-refractivity contribution in [3.63, 3.8) is 0 Å². The van der Waals surface area contributed by atoms with Gasteiger partial charge >= 0.3 is 0 Å². The number of benzene rings is 1. The first-order valence-corrected chi connectivity index (χ1v) is 6.59. The molecular formula is C15H19N3O. The molecule has 4 heteroatoms. The third-order valence-corrected chi connectivity index (χ3v) is 3.10. The molecule has 2 N–H and O–H groups in total. The van der Waals surface area contributed by atoms with E-state index in [0.29, 0.717) is 13.0 Å². The minimum atomic E-state index is 0.0640. The molecule has 0 saturated heterocycles. The largest absolute Gasteiger partial charge is 0.350 e. The highest BCUT2D eigenvalue weighted by molar-refractivity contribution is 5.76. The molecular weight excluding hydrogens is 238 g/mol. The lowest BCUT2D eigenvalue weighted by Gasteiger charge is -2.04. The van der Waals surface area contributed by atoms with Crippen molar-refractivity contribution in [2.75, 3.05) is 0 Å². The summed E-state index contributed by atoms with van der Waals surface area (Å²) in [5.41, 5.74) is 3.45. The first kappa shape index (κ1) is 13.3. The first-order chi connectivity index (χ1) is 9.28. The van der Waals surface area contributed by atoms with Crippen molar-refractivity contribution in [2.24, 2.45) is 0 Å². The Morgan fingerprint density at radius 3 is 2.63 bits per heavy atom. The minimum Gasteiger partial charge on any atom is -0.350 e. The maximum atomic E-state index is 11.7. The molecule has 2 rings (SSSR count). The maximum Gasteiger partial charge on any atom is 0.220 e. The van der Waals surface area contributed by atoms with Gasteiger partial charge in [0.1, 0.15) is 0 Å². The molecule has 0 unspecified atom stereocenters. The average molecular weight is 257 g/mol. The van der Waals surface area contributed by atoms with E-state index >= 15 is 0 Å². The van der Waals surface area contributed by atoms with Gasteiger partial charge < -0.3 is 10.3 Å². The number of aromatic nitrogens is 2. The lowest BCUT2D eigenvalue weighted by molar-refractivity contribution is -0.121. The summed E-state index contributed by atoms with van der Waals surface area (Å²) < 4.78 is 0. The van der Waals surface area contributed by atoms with Crippen LogP contribution in [0, 0.1) is 0 Å². The molecule has 1 aromatic heterocycles. The van der Waals surface area contributed by atoms with Crippen molar-refractivity contribution < 1.29 is 4.79 Å². The standard InChI is InChI=1S/C15H19N3O/c1-2-12-3-5-13(6-4-12)7-8-15(19)17-10-14-9-16-11-18-14/h3-6,9,11H,2,7-8,10H2,1H3,(H,16,18)(H,17,19). The number of nitrogens with zero attached hydrogens (tertiary/aromatic N) is 1. The zero-order chi connectivity index (χ0) is 13.5. The van der Waals surface area contributed by atoms with Gasteiger partial charge in [0.2, 0.25) is 5.91 Å². The number of imidazole rings is 1. The van der Waals surface area contributed by atoms with Gasteiger partial charge in [0.15, 0.2) is 0 Å². The van der Waals surface area contributed by atoms with Crippen LogP contribution < -0.4 is 5.32 Å². The normalized spacial score (nSPS) is 10.4. The van der Waals surface area contributed by atoms with Gasteiger partial charge in [0.25, 0.3) is 0 Å². The van der Waals surface area contributed by atoms with Crippen LogP contribution in [0.5, 0.6) is 0 Å². The fraction of sp³-hybridized carbons (Fsp3) is 0.333. The van der Waals surface area contributed by atoms with Crippen molar-refractivity contribution in [1.29, 1.82) is 0 Å². The van der Waals surface area contributed by atoms with E-state index in [0.717, 1.165) is 18.5 Å². The van der Waals surface area contributed by atoms with Gasteiger partial charge in [-0.25, -0.2) is 4.98 Å². The van der Waals surface area contributed by atoms with Crippen molar-refractivity contribution in [3.05, 3.63) is 53.6 Å². The Bertz CT molecular complexity index is 503. The lowest BCUT2D eigenvalue weighted by atomic mass is 10.1. The number of nitrogens with one attached hydrogen (secondary N) is 2. The molecule has 0 aliphatic heterocycles. The van der Waals surface area contributed by atoms with Gasteiger partial charge in [-0.15, -0.1) is 0 Å². The molecule has 2 aromatic rings. The fourth-order valence-corrected chi connectivity index (χ4v) is 1.86. The Morgan fingerprint density at radius 1 is 1.26 bits per heavy atom. The van der Waals surface area contributed by atoms with Gasteiger partial charge in [-0.05, 0) is 24.0 Å². The van der Waals surface area contributed by atoms with E-state index in [1.54, 1.807) is 12.5 Å². The highest BCUT2D eigenvalue weighted by atomic mass is 16.1. The Hall–Kier alpha value is -2.10. The quantitative estimate of drug-likeness (QED) is 0.833. The highest BCUT2D eigenvalue weighted by Crippen LogP contribution is 2.07. The summed E-state index contributed by atoms with van der Waals surface area (Å²) in [7, 11) is 0. The molecule has 0 bridgehead atoms. The van der Waals surface area contributed by atoms with Gasteiger partial charge in [-0.1, -0.05) is 31.2 Å². The zero-order valence-electron chi connectivity index (χ0n) is 11.1. The third-order valence-electron chi connectivity index (χ3n) is 3.10. The van der Waals surface area contributed by atoms with Crippen LogP contribution in [0.15, 0.2) is 36.8 Å². The van der Waals surface area contributed by atoms with Crippen molar-refractivity contribution in [1.82, 2.24) is 15.3 Å². The number of H-pyrrole nitrogens is 1. The maximum absolute atomic E-state index is 11.7. The molecule has 0 saturated carbocycles. The summed E-state index contributed by atoms with van der Waals surface area (Å²) in [6, 6.07) is 8.44. The van der Waals surface area contributed by atoms with E-state index in [-0.39, 0.29) is 5.91 Å². The van der Waals surface area contributed by atoms with E-state index in [4.69, 9.17) is 0 Å². The van der Waals surface area contributed by atoms with Crippen molar-refractivity contribution in [2.45, 2.75) is 32.7 Å². The molecule has 0 fully saturated rings. The summed E-state index contributed by atoms with van der Waals surface area (Å²) in [5, 5.41) is 2.87. The monoisotopic (exact) mass is 257 g/mol. The number of aryl methyl sites for hydroxylation is 2. The summed E-state index contributed by atoms with van der Waals surface area (Å²) in [6.07, 6.45) is 5.66. The van der Waals surface area contributed by atoms with E-state index in [1.807, 2.05) is 0 Å². The van der Waals surface area contributed by atoms with Crippen LogP contribution in [0.4, 0.5) is 0 Å². The van der Waals surface area contributed by atoms with Gasteiger partial charge in [-0.3, -0.25) is 4.79 Å². The number of amides is 1. The summed E-state index contributed by atoms with van der Waals surface area (Å²) in [5.74, 6) is 0.0640. The Morgan fingerprint density at radius 2 is 2.00 bits per heavy atom. The van der Waals surface area contributed by atoms with E-state index in [1.165, 1.54) is 11.1 Å². The number of hydrogen-bond donors (Lipinski definition) is 2. The number of carbonyl (C=O) groups excluding carboxylic acids is 1. The third kappa shape index (κ3) is 4.25. The van der Waals surface area contributed by atoms with Crippen molar-refractivity contribution >= 4 is 5.91 Å². The number of rotatable bonds is 6. The molecule has 4 nitrogen and oxygen atoms in total. The molecule has 1 amide bonds. The molecule has 0 spiro atoms. The molecule has 1 heterocycles. The second kappa shape index (κ2) is 6.73. The molecule has 0 radical (unpaired) electrons. The first-order valence-electron chi connectivity index (χ1n) is 6.59. The molecule has 0 atom stereocenters. The Kier molecular flexibility index (Phi) is 4.72. The summed E-state index contributed by atoms with van der Waals surface area (Å²) in [4.78, 5) is 18.5. The second-order valence-electron chi connectivity index (χ2n) is 4.52. The van der Waals surface area contributed by atoms with Crippen LogP contribution in [0.2, 0.25) is 0 Å². The SMILES string of the molecule is CCc1ccc(CCC(=O)NCc2cnc[nH]2)cc1. The van der Waals surface area contributed by atoms with Crippen LogP contribution in [0.1, 0.15) is 30.2 Å². The predicted molar refractivity (Wildman–Crippen MR) is 74.6 cm³/mol. The smallest absolute Gasteiger partial charge is 0.220 e. The van der Waals surface area contributed by atoms with Crippen LogP contribution >= 0.6 is 0 Å². The van der Waals surface area contributed by atoms with Gasteiger partial charge in [-0.2, -0.15) is 0 Å². The predicted octanol–water partition coefficient (Wildman–Crippen LogP) is 2.22. The topological polar surface area (TPSA) is 57.8 Å². The Labute approximate surface area is 113 Å². The van der Waals surface area contributed by atoms with E-state index in [2.05, 4.69) is 46.5 Å².